The molecule has 0 N–H and O–H groups in total. The molecule has 6 aromatic carbocycles. The van der Waals surface area contributed by atoms with Crippen molar-refractivity contribution >= 4 is 27.7 Å². The Morgan fingerprint density at radius 3 is 2.02 bits per heavy atom. The van der Waals surface area contributed by atoms with Gasteiger partial charge in [-0.25, -0.2) is 0 Å². The summed E-state index contributed by atoms with van der Waals surface area (Å²) in [6.45, 7) is 4.41. The zero-order chi connectivity index (χ0) is 33.2. The van der Waals surface area contributed by atoms with Gasteiger partial charge in [0.15, 0.2) is 0 Å². The van der Waals surface area contributed by atoms with E-state index in [-0.39, 0.29) is 0 Å². The molecule has 1 nitrogen and oxygen atoms in total. The molecule has 0 bridgehead atoms. The zero-order valence-electron chi connectivity index (χ0n) is 28.3. The van der Waals surface area contributed by atoms with Crippen LogP contribution in [0.1, 0.15) is 43.7 Å². The SMILES string of the molecule is CC/C=C\C(=C/CC)c1cc(-c2ccccc2)cc(-c2ccc(-c3ccc(N4c5ccccc5C5C=CC=CC54)cc3)c3ccccc23)c1. The van der Waals surface area contributed by atoms with E-state index in [9.17, 15) is 0 Å². The van der Waals surface area contributed by atoms with Crippen molar-refractivity contribution in [2.45, 2.75) is 38.6 Å². The van der Waals surface area contributed by atoms with Crippen LogP contribution in [-0.4, -0.2) is 6.04 Å². The number of allylic oxidation sites excluding steroid dienone is 6. The van der Waals surface area contributed by atoms with Crippen LogP contribution >= 0.6 is 0 Å². The Balaban J connectivity index is 1.21. The summed E-state index contributed by atoms with van der Waals surface area (Å²) in [5.74, 6) is 0.384. The van der Waals surface area contributed by atoms with Crippen LogP contribution in [0.15, 0.2) is 176 Å². The Kier molecular flexibility index (Phi) is 8.42. The maximum absolute atomic E-state index is 2.50. The molecule has 2 unspecified atom stereocenters. The summed E-state index contributed by atoms with van der Waals surface area (Å²) in [6.07, 6.45) is 17.9. The number of para-hydroxylation sites is 1. The van der Waals surface area contributed by atoms with Crippen LogP contribution in [0.3, 0.4) is 0 Å². The molecule has 0 saturated carbocycles. The highest BCUT2D eigenvalue weighted by atomic mass is 15.2. The van der Waals surface area contributed by atoms with E-state index in [0.29, 0.717) is 12.0 Å². The molecule has 2 aliphatic rings. The van der Waals surface area contributed by atoms with Crippen LogP contribution in [0.5, 0.6) is 0 Å². The minimum Gasteiger partial charge on any atom is -0.333 e. The fourth-order valence-corrected chi connectivity index (χ4v) is 7.69. The largest absolute Gasteiger partial charge is 0.333 e. The topological polar surface area (TPSA) is 3.24 Å². The minimum absolute atomic E-state index is 0.301. The molecular formula is C48H41N. The van der Waals surface area contributed by atoms with Crippen molar-refractivity contribution < 1.29 is 0 Å². The van der Waals surface area contributed by atoms with E-state index in [2.05, 4.69) is 195 Å². The van der Waals surface area contributed by atoms with Gasteiger partial charge < -0.3 is 4.90 Å². The first-order valence-corrected chi connectivity index (χ1v) is 17.7. The van der Waals surface area contributed by atoms with E-state index in [1.807, 2.05) is 0 Å². The van der Waals surface area contributed by atoms with Crippen molar-refractivity contribution in [3.05, 3.63) is 187 Å². The lowest BCUT2D eigenvalue weighted by molar-refractivity contribution is 0.745. The standard InChI is InChI=1S/C48H41N/c1-3-5-16-34(15-4-2)37-31-38(35-17-7-6-8-18-35)33-39(32-37)42-30-29-41(43-19-9-10-20-44(42)43)36-25-27-40(28-26-36)49-47-23-13-11-21-45(47)46-22-12-14-24-48(46)49/h5-33,45,47H,3-4H2,1-2H3/b16-5-,34-15+. The highest BCUT2D eigenvalue weighted by molar-refractivity contribution is 6.05. The summed E-state index contributed by atoms with van der Waals surface area (Å²) < 4.78 is 0. The molecule has 238 valence electrons. The molecule has 2 atom stereocenters. The summed E-state index contributed by atoms with van der Waals surface area (Å²) >= 11 is 0. The van der Waals surface area contributed by atoms with Gasteiger partial charge in [-0.2, -0.15) is 0 Å². The molecule has 0 radical (unpaired) electrons. The molecule has 0 amide bonds. The number of benzene rings is 6. The second-order valence-electron chi connectivity index (χ2n) is 13.0. The maximum atomic E-state index is 2.50. The van der Waals surface area contributed by atoms with Crippen LogP contribution in [0.25, 0.3) is 49.7 Å². The summed E-state index contributed by atoms with van der Waals surface area (Å²) in [7, 11) is 0. The highest BCUT2D eigenvalue weighted by Gasteiger charge is 2.36. The van der Waals surface area contributed by atoms with E-state index < -0.39 is 0 Å². The first-order valence-electron chi connectivity index (χ1n) is 17.7. The van der Waals surface area contributed by atoms with Crippen LogP contribution in [0.4, 0.5) is 11.4 Å². The van der Waals surface area contributed by atoms with E-state index >= 15 is 0 Å². The Labute approximate surface area is 290 Å². The third kappa shape index (κ3) is 5.76. The molecular weight excluding hydrogens is 591 g/mol. The average Bonchev–Trinajstić information content (AvgIpc) is 3.51. The van der Waals surface area contributed by atoms with Gasteiger partial charge in [0.1, 0.15) is 0 Å². The predicted octanol–water partition coefficient (Wildman–Crippen LogP) is 13.3. The number of fused-ring (bicyclic) bond motifs is 4. The molecule has 0 fully saturated rings. The lowest BCUT2D eigenvalue weighted by Crippen LogP contribution is -2.28. The second-order valence-corrected chi connectivity index (χ2v) is 13.0. The van der Waals surface area contributed by atoms with Crippen LogP contribution in [0, 0.1) is 0 Å². The van der Waals surface area contributed by atoms with E-state index in [1.165, 1.54) is 72.2 Å². The Morgan fingerprint density at radius 1 is 0.592 bits per heavy atom. The normalized spacial score (nSPS) is 16.8. The van der Waals surface area contributed by atoms with Gasteiger partial charge in [-0.15, -0.1) is 0 Å². The summed E-state index contributed by atoms with van der Waals surface area (Å²) in [6, 6.07) is 49.7. The van der Waals surface area contributed by atoms with Gasteiger partial charge in [0.05, 0.1) is 6.04 Å². The minimum atomic E-state index is 0.301. The molecule has 1 aliphatic carbocycles. The molecule has 0 saturated heterocycles. The molecule has 0 aromatic heterocycles. The van der Waals surface area contributed by atoms with Gasteiger partial charge in [-0.3, -0.25) is 0 Å². The van der Waals surface area contributed by atoms with Crippen molar-refractivity contribution in [3.8, 4) is 33.4 Å². The number of hydrogen-bond acceptors (Lipinski definition) is 1. The lowest BCUT2D eigenvalue weighted by Gasteiger charge is -2.28. The summed E-state index contributed by atoms with van der Waals surface area (Å²) in [5, 5.41) is 2.53. The fraction of sp³-hybridized carbons (Fsp3) is 0.125. The number of nitrogens with zero attached hydrogens (tertiary/aromatic N) is 1. The molecule has 1 heterocycles. The van der Waals surface area contributed by atoms with Crippen LogP contribution in [-0.2, 0) is 0 Å². The maximum Gasteiger partial charge on any atom is 0.0629 e. The van der Waals surface area contributed by atoms with Gasteiger partial charge in [-0.05, 0) is 110 Å². The van der Waals surface area contributed by atoms with Gasteiger partial charge in [-0.1, -0.05) is 153 Å². The van der Waals surface area contributed by atoms with Crippen LogP contribution < -0.4 is 4.90 Å². The Bertz CT molecular complexity index is 2250. The zero-order valence-corrected chi connectivity index (χ0v) is 28.3. The average molecular weight is 632 g/mol. The highest BCUT2D eigenvalue weighted by Crippen LogP contribution is 2.48. The van der Waals surface area contributed by atoms with Gasteiger partial charge in [0, 0.05) is 17.3 Å². The second kappa shape index (κ2) is 13.5. The van der Waals surface area contributed by atoms with Crippen molar-refractivity contribution in [2.75, 3.05) is 4.90 Å². The molecule has 8 rings (SSSR count). The molecule has 0 spiro atoms. The monoisotopic (exact) mass is 631 g/mol. The van der Waals surface area contributed by atoms with E-state index in [1.54, 1.807) is 0 Å². The molecule has 49 heavy (non-hydrogen) atoms. The van der Waals surface area contributed by atoms with Crippen LogP contribution in [0.2, 0.25) is 0 Å². The van der Waals surface area contributed by atoms with Crippen molar-refractivity contribution in [1.29, 1.82) is 0 Å². The van der Waals surface area contributed by atoms with E-state index in [0.717, 1.165) is 12.8 Å². The number of hydrogen-bond donors (Lipinski definition) is 0. The first-order chi connectivity index (χ1) is 24.2. The Hall–Kier alpha value is -5.66. The quantitative estimate of drug-likeness (QED) is 0.151. The number of anilines is 2. The van der Waals surface area contributed by atoms with E-state index in [4.69, 9.17) is 0 Å². The summed E-state index contributed by atoms with van der Waals surface area (Å²) in [4.78, 5) is 2.50. The van der Waals surface area contributed by atoms with Gasteiger partial charge in [0.2, 0.25) is 0 Å². The Morgan fingerprint density at radius 2 is 1.27 bits per heavy atom. The third-order valence-corrected chi connectivity index (χ3v) is 9.98. The molecule has 1 heteroatoms. The fourth-order valence-electron chi connectivity index (χ4n) is 7.69. The molecule has 1 aliphatic heterocycles. The van der Waals surface area contributed by atoms with Gasteiger partial charge >= 0.3 is 0 Å². The van der Waals surface area contributed by atoms with Gasteiger partial charge in [0.25, 0.3) is 0 Å². The first kappa shape index (κ1) is 30.7. The third-order valence-electron chi connectivity index (χ3n) is 9.98. The molecule has 6 aromatic rings. The predicted molar refractivity (Wildman–Crippen MR) is 211 cm³/mol. The van der Waals surface area contributed by atoms with Crippen molar-refractivity contribution in [2.24, 2.45) is 0 Å². The van der Waals surface area contributed by atoms with Crippen molar-refractivity contribution in [3.63, 3.8) is 0 Å². The smallest absolute Gasteiger partial charge is 0.0629 e. The lowest BCUT2D eigenvalue weighted by atomic mass is 9.88. The van der Waals surface area contributed by atoms with Crippen molar-refractivity contribution in [1.82, 2.24) is 0 Å². The number of rotatable bonds is 8. The summed E-state index contributed by atoms with van der Waals surface area (Å²) in [5.41, 5.74) is 13.9.